The van der Waals surface area contributed by atoms with Gasteiger partial charge in [0.25, 0.3) is 5.91 Å². The van der Waals surface area contributed by atoms with Crippen LogP contribution >= 0.6 is 46.4 Å². The van der Waals surface area contributed by atoms with Crippen molar-refractivity contribution < 1.29 is 17.6 Å². The Morgan fingerprint density at radius 2 is 1.78 bits per heavy atom. The molecule has 0 saturated carbocycles. The summed E-state index contributed by atoms with van der Waals surface area (Å²) in [5.74, 6) is 0.156. The molecule has 3 rings (SSSR count). The summed E-state index contributed by atoms with van der Waals surface area (Å²) in [5, 5.41) is 5.14. The maximum absolute atomic E-state index is 12.3. The Hall–Kier alpha value is -2.23. The summed E-state index contributed by atoms with van der Waals surface area (Å²) in [4.78, 5) is 12.3. The second kappa shape index (κ2) is 10.1. The van der Waals surface area contributed by atoms with Crippen LogP contribution in [0.25, 0.3) is 11.3 Å². The number of carbonyl (C=O) groups is 1. The molecule has 1 amide bonds. The second-order valence-electron chi connectivity index (χ2n) is 6.49. The van der Waals surface area contributed by atoms with Crippen molar-refractivity contribution in [2.75, 3.05) is 17.1 Å². The van der Waals surface area contributed by atoms with Crippen molar-refractivity contribution in [3.8, 4) is 11.3 Å². The minimum atomic E-state index is -3.78. The van der Waals surface area contributed by atoms with Crippen LogP contribution in [-0.2, 0) is 14.8 Å². The predicted octanol–water partition coefficient (Wildman–Crippen LogP) is 5.48. The quantitative estimate of drug-likeness (QED) is 0.321. The highest BCUT2D eigenvalue weighted by molar-refractivity contribution is 7.92. The Labute approximate surface area is 204 Å². The van der Waals surface area contributed by atoms with Gasteiger partial charge in [0.05, 0.1) is 33.2 Å². The lowest BCUT2D eigenvalue weighted by Gasteiger charge is -2.21. The van der Waals surface area contributed by atoms with E-state index < -0.39 is 22.5 Å². The van der Waals surface area contributed by atoms with Gasteiger partial charge in [0.1, 0.15) is 18.1 Å². The van der Waals surface area contributed by atoms with Gasteiger partial charge in [-0.05, 0) is 48.5 Å². The van der Waals surface area contributed by atoms with Crippen LogP contribution in [0, 0.1) is 0 Å². The van der Waals surface area contributed by atoms with E-state index in [-0.39, 0.29) is 15.7 Å². The lowest BCUT2D eigenvalue weighted by Crippen LogP contribution is -2.39. The molecule has 0 radical (unpaired) electrons. The van der Waals surface area contributed by atoms with Gasteiger partial charge < -0.3 is 4.42 Å². The largest absolute Gasteiger partial charge is 0.455 e. The van der Waals surface area contributed by atoms with Crippen molar-refractivity contribution >= 4 is 74.2 Å². The van der Waals surface area contributed by atoms with E-state index in [1.807, 2.05) is 0 Å². The van der Waals surface area contributed by atoms with Gasteiger partial charge in [0.2, 0.25) is 10.0 Å². The average molecular weight is 535 g/mol. The fourth-order valence-corrected chi connectivity index (χ4v) is 4.27. The topological polar surface area (TPSA) is 92.0 Å². The van der Waals surface area contributed by atoms with Crippen LogP contribution in [0.4, 0.5) is 5.69 Å². The Morgan fingerprint density at radius 1 is 1.03 bits per heavy atom. The molecule has 1 aromatic heterocycles. The molecule has 0 aliphatic rings. The highest BCUT2D eigenvalue weighted by atomic mass is 35.5. The minimum absolute atomic E-state index is 0.158. The first-order valence-electron chi connectivity index (χ1n) is 8.84. The number of hydrogen-bond acceptors (Lipinski definition) is 5. The standard InChI is InChI=1S/C20H15Cl4N3O4S/c1-32(29,30)27(13-3-6-16(22)18(24)9-13)11-20(28)26-25-10-14-4-7-19(31-14)15-5-2-12(21)8-17(15)23/h2-10H,11H2,1H3,(H,26,28)/b25-10-. The summed E-state index contributed by atoms with van der Waals surface area (Å²) in [5.41, 5.74) is 3.09. The molecule has 1 N–H and O–H groups in total. The molecule has 3 aromatic rings. The molecule has 12 heteroatoms. The highest BCUT2D eigenvalue weighted by Gasteiger charge is 2.21. The zero-order valence-electron chi connectivity index (χ0n) is 16.4. The molecular weight excluding hydrogens is 520 g/mol. The number of nitrogens with one attached hydrogen (secondary N) is 1. The zero-order valence-corrected chi connectivity index (χ0v) is 20.2. The number of anilines is 1. The van der Waals surface area contributed by atoms with Gasteiger partial charge in [-0.15, -0.1) is 0 Å². The van der Waals surface area contributed by atoms with Crippen LogP contribution in [0.2, 0.25) is 20.1 Å². The van der Waals surface area contributed by atoms with E-state index in [4.69, 9.17) is 50.8 Å². The minimum Gasteiger partial charge on any atom is -0.455 e. The van der Waals surface area contributed by atoms with Gasteiger partial charge >= 0.3 is 0 Å². The molecule has 0 saturated heterocycles. The van der Waals surface area contributed by atoms with Crippen molar-refractivity contribution in [3.05, 3.63) is 74.4 Å². The summed E-state index contributed by atoms with van der Waals surface area (Å²) >= 11 is 23.9. The fourth-order valence-electron chi connectivity index (χ4n) is 2.63. The van der Waals surface area contributed by atoms with Crippen molar-refractivity contribution in [3.63, 3.8) is 0 Å². The predicted molar refractivity (Wildman–Crippen MR) is 129 cm³/mol. The third kappa shape index (κ3) is 6.17. The Balaban J connectivity index is 1.68. The Bertz CT molecular complexity index is 1290. The summed E-state index contributed by atoms with van der Waals surface area (Å²) < 4.78 is 30.8. The molecule has 0 spiro atoms. The van der Waals surface area contributed by atoms with Gasteiger partial charge in [-0.3, -0.25) is 9.10 Å². The maximum Gasteiger partial charge on any atom is 0.260 e. The molecule has 0 unspecified atom stereocenters. The van der Waals surface area contributed by atoms with Crippen molar-refractivity contribution in [1.82, 2.24) is 5.43 Å². The third-order valence-electron chi connectivity index (χ3n) is 4.08. The lowest BCUT2D eigenvalue weighted by molar-refractivity contribution is -0.119. The molecule has 7 nitrogen and oxygen atoms in total. The molecule has 0 fully saturated rings. The molecule has 2 aromatic carbocycles. The van der Waals surface area contributed by atoms with Crippen LogP contribution in [0.15, 0.2) is 58.0 Å². The van der Waals surface area contributed by atoms with E-state index in [2.05, 4.69) is 10.5 Å². The molecule has 0 aliphatic heterocycles. The molecule has 0 aliphatic carbocycles. The first-order valence-corrected chi connectivity index (χ1v) is 12.2. The van der Waals surface area contributed by atoms with Gasteiger partial charge in [-0.2, -0.15) is 5.10 Å². The highest BCUT2D eigenvalue weighted by Crippen LogP contribution is 2.31. The summed E-state index contributed by atoms with van der Waals surface area (Å²) in [6, 6.07) is 12.6. The van der Waals surface area contributed by atoms with Crippen LogP contribution in [0.3, 0.4) is 0 Å². The number of hydrazone groups is 1. The summed E-state index contributed by atoms with van der Waals surface area (Å²) in [6.45, 7) is -0.516. The van der Waals surface area contributed by atoms with E-state index in [1.165, 1.54) is 24.4 Å². The molecule has 32 heavy (non-hydrogen) atoms. The van der Waals surface area contributed by atoms with Crippen LogP contribution < -0.4 is 9.73 Å². The number of amides is 1. The smallest absolute Gasteiger partial charge is 0.260 e. The summed E-state index contributed by atoms with van der Waals surface area (Å²) in [6.07, 6.45) is 2.24. The van der Waals surface area contributed by atoms with Crippen molar-refractivity contribution in [1.29, 1.82) is 0 Å². The van der Waals surface area contributed by atoms with Crippen LogP contribution in [0.1, 0.15) is 5.76 Å². The first kappa shape index (κ1) is 24.4. The molecule has 0 atom stereocenters. The number of hydrogen-bond donors (Lipinski definition) is 1. The number of benzene rings is 2. The van der Waals surface area contributed by atoms with Gasteiger partial charge in [0.15, 0.2) is 0 Å². The molecular formula is C20H15Cl4N3O4S. The Kier molecular flexibility index (Phi) is 7.74. The van der Waals surface area contributed by atoms with Gasteiger partial charge in [0, 0.05) is 10.6 Å². The fraction of sp³-hybridized carbons (Fsp3) is 0.100. The Morgan fingerprint density at radius 3 is 2.44 bits per heavy atom. The molecule has 168 valence electrons. The monoisotopic (exact) mass is 533 g/mol. The SMILES string of the molecule is CS(=O)(=O)N(CC(=O)N/N=C\c1ccc(-c2ccc(Cl)cc2Cl)o1)c1ccc(Cl)c(Cl)c1. The van der Waals surface area contributed by atoms with Crippen molar-refractivity contribution in [2.45, 2.75) is 0 Å². The van der Waals surface area contributed by atoms with E-state index in [0.717, 1.165) is 10.6 Å². The number of carbonyl (C=O) groups excluding carboxylic acids is 1. The number of sulfonamides is 1. The number of furan rings is 1. The number of halogens is 4. The van der Waals surface area contributed by atoms with Crippen molar-refractivity contribution in [2.24, 2.45) is 5.10 Å². The first-order chi connectivity index (χ1) is 15.0. The third-order valence-corrected chi connectivity index (χ3v) is 6.51. The van der Waals surface area contributed by atoms with E-state index in [1.54, 1.807) is 30.3 Å². The number of nitrogens with zero attached hydrogens (tertiary/aromatic N) is 2. The normalized spacial score (nSPS) is 11.7. The van der Waals surface area contributed by atoms with E-state index in [0.29, 0.717) is 27.1 Å². The van der Waals surface area contributed by atoms with E-state index in [9.17, 15) is 13.2 Å². The molecule has 1 heterocycles. The lowest BCUT2D eigenvalue weighted by atomic mass is 10.2. The second-order valence-corrected chi connectivity index (χ2v) is 10.1. The van der Waals surface area contributed by atoms with Crippen LogP contribution in [-0.4, -0.2) is 33.3 Å². The average Bonchev–Trinajstić information content (AvgIpc) is 3.16. The van der Waals surface area contributed by atoms with Crippen LogP contribution in [0.5, 0.6) is 0 Å². The zero-order chi connectivity index (χ0) is 23.5. The van der Waals surface area contributed by atoms with Gasteiger partial charge in [-0.25, -0.2) is 13.8 Å². The maximum atomic E-state index is 12.3. The summed E-state index contributed by atoms with van der Waals surface area (Å²) in [7, 11) is -3.78. The molecule has 0 bridgehead atoms. The number of rotatable bonds is 7. The van der Waals surface area contributed by atoms with Gasteiger partial charge in [-0.1, -0.05) is 46.4 Å². The van der Waals surface area contributed by atoms with E-state index >= 15 is 0 Å².